The predicted molar refractivity (Wildman–Crippen MR) is 95.0 cm³/mol. The van der Waals surface area contributed by atoms with Gasteiger partial charge in [0.15, 0.2) is 0 Å². The second-order valence-electron chi connectivity index (χ2n) is 8.95. The third-order valence-corrected chi connectivity index (χ3v) is 7.11. The Hall–Kier alpha value is -1.43. The Morgan fingerprint density at radius 1 is 1.12 bits per heavy atom. The Labute approximate surface area is 155 Å². The molecule has 1 aliphatic carbocycles. The van der Waals surface area contributed by atoms with E-state index in [2.05, 4.69) is 13.8 Å². The Kier molecular flexibility index (Phi) is 4.58. The van der Waals surface area contributed by atoms with Gasteiger partial charge in [-0.25, -0.2) is 0 Å². The van der Waals surface area contributed by atoms with E-state index in [4.69, 9.17) is 4.74 Å². The maximum absolute atomic E-state index is 13.0. The molecule has 0 aromatic heterocycles. The number of amides is 3. The van der Waals surface area contributed by atoms with Gasteiger partial charge < -0.3 is 9.64 Å². The lowest BCUT2D eigenvalue weighted by Crippen LogP contribution is -2.70. The Balaban J connectivity index is 1.45. The number of nitrogens with zero attached hydrogens (tertiary/aromatic N) is 2. The standard InChI is InChI=1S/C20H30N2O4/c1-13(2)17-20(7-9-26-10-8-20)12-22(17)16(23)11-21-18(24)14-5-3-4-6-15(14)19(21)25/h13-15,17H,3-12H2,1-2H3. The van der Waals surface area contributed by atoms with Gasteiger partial charge in [-0.1, -0.05) is 26.7 Å². The van der Waals surface area contributed by atoms with Crippen molar-refractivity contribution in [2.24, 2.45) is 23.2 Å². The zero-order valence-corrected chi connectivity index (χ0v) is 15.9. The van der Waals surface area contributed by atoms with E-state index in [1.54, 1.807) is 0 Å². The maximum atomic E-state index is 13.0. The highest BCUT2D eigenvalue weighted by atomic mass is 16.5. The monoisotopic (exact) mass is 362 g/mol. The van der Waals surface area contributed by atoms with Gasteiger partial charge in [0, 0.05) is 31.2 Å². The minimum atomic E-state index is -0.178. The summed E-state index contributed by atoms with van der Waals surface area (Å²) in [6, 6.07) is 0.189. The van der Waals surface area contributed by atoms with Gasteiger partial charge in [0.25, 0.3) is 0 Å². The van der Waals surface area contributed by atoms with Gasteiger partial charge in [0.1, 0.15) is 6.54 Å². The molecule has 0 radical (unpaired) electrons. The SMILES string of the molecule is CC(C)C1N(C(=O)CN2C(=O)C3CCCCC3C2=O)CC12CCOCC2. The molecular weight excluding hydrogens is 332 g/mol. The van der Waals surface area contributed by atoms with E-state index in [0.717, 1.165) is 58.3 Å². The van der Waals surface area contributed by atoms with Crippen molar-refractivity contribution in [3.63, 3.8) is 0 Å². The second kappa shape index (κ2) is 6.63. The average Bonchev–Trinajstić information content (AvgIpc) is 2.85. The summed E-state index contributed by atoms with van der Waals surface area (Å²) < 4.78 is 5.51. The number of likely N-dealkylation sites (tertiary alicyclic amines) is 2. The van der Waals surface area contributed by atoms with Gasteiger partial charge in [-0.15, -0.1) is 0 Å². The van der Waals surface area contributed by atoms with Crippen molar-refractivity contribution in [1.82, 2.24) is 9.80 Å². The lowest BCUT2D eigenvalue weighted by molar-refractivity contribution is -0.177. The Morgan fingerprint density at radius 2 is 1.69 bits per heavy atom. The average molecular weight is 362 g/mol. The minimum absolute atomic E-state index is 0.0684. The number of fused-ring (bicyclic) bond motifs is 1. The number of imide groups is 1. The molecule has 26 heavy (non-hydrogen) atoms. The first kappa shape index (κ1) is 18.0. The van der Waals surface area contributed by atoms with Crippen molar-refractivity contribution in [1.29, 1.82) is 0 Å². The topological polar surface area (TPSA) is 66.9 Å². The summed E-state index contributed by atoms with van der Waals surface area (Å²) in [5.41, 5.74) is 0.162. The van der Waals surface area contributed by atoms with Crippen LogP contribution in [0.2, 0.25) is 0 Å². The third kappa shape index (κ3) is 2.68. The van der Waals surface area contributed by atoms with Crippen LogP contribution in [0.15, 0.2) is 0 Å². The zero-order chi connectivity index (χ0) is 18.5. The van der Waals surface area contributed by atoms with Crippen LogP contribution in [0.3, 0.4) is 0 Å². The van der Waals surface area contributed by atoms with Crippen molar-refractivity contribution in [2.45, 2.75) is 58.4 Å². The Morgan fingerprint density at radius 3 is 2.23 bits per heavy atom. The molecule has 6 heteroatoms. The van der Waals surface area contributed by atoms with Crippen molar-refractivity contribution >= 4 is 17.7 Å². The zero-order valence-electron chi connectivity index (χ0n) is 15.9. The summed E-state index contributed by atoms with van der Waals surface area (Å²) in [7, 11) is 0. The summed E-state index contributed by atoms with van der Waals surface area (Å²) in [4.78, 5) is 41.4. The molecule has 0 aromatic carbocycles. The van der Waals surface area contributed by atoms with Crippen LogP contribution >= 0.6 is 0 Å². The molecule has 1 spiro atoms. The van der Waals surface area contributed by atoms with Gasteiger partial charge >= 0.3 is 0 Å². The van der Waals surface area contributed by atoms with Crippen LogP contribution < -0.4 is 0 Å². The smallest absolute Gasteiger partial charge is 0.243 e. The summed E-state index contributed by atoms with van der Waals surface area (Å²) in [5, 5.41) is 0. The van der Waals surface area contributed by atoms with Crippen LogP contribution in [-0.2, 0) is 19.1 Å². The van der Waals surface area contributed by atoms with Crippen molar-refractivity contribution in [2.75, 3.05) is 26.3 Å². The second-order valence-corrected chi connectivity index (χ2v) is 8.95. The molecule has 3 heterocycles. The van der Waals surface area contributed by atoms with Gasteiger partial charge in [0.2, 0.25) is 17.7 Å². The molecule has 0 bridgehead atoms. The first-order valence-electron chi connectivity index (χ1n) is 10.2. The predicted octanol–water partition coefficient (Wildman–Crippen LogP) is 1.83. The van der Waals surface area contributed by atoms with Gasteiger partial charge in [-0.3, -0.25) is 19.3 Å². The lowest BCUT2D eigenvalue weighted by atomic mass is 9.62. The third-order valence-electron chi connectivity index (χ3n) is 7.11. The molecule has 4 aliphatic rings. The highest BCUT2D eigenvalue weighted by molar-refractivity contribution is 6.07. The van der Waals surface area contributed by atoms with Crippen LogP contribution in [0.25, 0.3) is 0 Å². The molecule has 6 nitrogen and oxygen atoms in total. The molecule has 3 aliphatic heterocycles. The van der Waals surface area contributed by atoms with E-state index in [0.29, 0.717) is 5.92 Å². The van der Waals surface area contributed by atoms with Crippen molar-refractivity contribution in [3.8, 4) is 0 Å². The van der Waals surface area contributed by atoms with E-state index in [-0.39, 0.29) is 47.6 Å². The fraction of sp³-hybridized carbons (Fsp3) is 0.850. The molecule has 4 fully saturated rings. The van der Waals surface area contributed by atoms with E-state index in [9.17, 15) is 14.4 Å². The summed E-state index contributed by atoms with van der Waals surface area (Å²) in [6.45, 7) is 6.50. The number of carbonyl (C=O) groups excluding carboxylic acids is 3. The first-order chi connectivity index (χ1) is 12.4. The van der Waals surface area contributed by atoms with E-state index in [1.807, 2.05) is 4.90 Å². The molecular formula is C20H30N2O4. The van der Waals surface area contributed by atoms with Gasteiger partial charge in [0.05, 0.1) is 11.8 Å². The van der Waals surface area contributed by atoms with Gasteiger partial charge in [-0.05, 0) is 31.6 Å². The number of hydrogen-bond donors (Lipinski definition) is 0. The molecule has 4 rings (SSSR count). The van der Waals surface area contributed by atoms with Crippen LogP contribution in [0.1, 0.15) is 52.4 Å². The van der Waals surface area contributed by atoms with Crippen molar-refractivity contribution < 1.29 is 19.1 Å². The molecule has 3 unspecified atom stereocenters. The summed E-state index contributed by atoms with van der Waals surface area (Å²) in [5.74, 6) is -0.295. The van der Waals surface area contributed by atoms with Crippen LogP contribution in [-0.4, -0.2) is 59.9 Å². The van der Waals surface area contributed by atoms with E-state index < -0.39 is 0 Å². The van der Waals surface area contributed by atoms with E-state index >= 15 is 0 Å². The molecule has 1 saturated carbocycles. The highest BCUT2D eigenvalue weighted by Gasteiger charge is 2.56. The number of carbonyl (C=O) groups is 3. The van der Waals surface area contributed by atoms with Gasteiger partial charge in [-0.2, -0.15) is 0 Å². The molecule has 0 aromatic rings. The van der Waals surface area contributed by atoms with Crippen LogP contribution in [0.4, 0.5) is 0 Å². The molecule has 0 N–H and O–H groups in total. The fourth-order valence-electron chi connectivity index (χ4n) is 5.90. The van der Waals surface area contributed by atoms with E-state index in [1.165, 1.54) is 4.90 Å². The van der Waals surface area contributed by atoms with Crippen molar-refractivity contribution in [3.05, 3.63) is 0 Å². The number of rotatable bonds is 3. The largest absolute Gasteiger partial charge is 0.381 e. The minimum Gasteiger partial charge on any atom is -0.381 e. The Bertz CT molecular complexity index is 587. The molecule has 144 valence electrons. The quantitative estimate of drug-likeness (QED) is 0.719. The highest BCUT2D eigenvalue weighted by Crippen LogP contribution is 2.49. The molecule has 3 saturated heterocycles. The van der Waals surface area contributed by atoms with Crippen LogP contribution in [0, 0.1) is 23.2 Å². The number of hydrogen-bond acceptors (Lipinski definition) is 4. The number of ether oxygens (including phenoxy) is 1. The summed E-state index contributed by atoms with van der Waals surface area (Å²) in [6.07, 6.45) is 5.58. The summed E-state index contributed by atoms with van der Waals surface area (Å²) >= 11 is 0. The normalized spacial score (nSPS) is 33.6. The first-order valence-corrected chi connectivity index (χ1v) is 10.2. The fourth-order valence-corrected chi connectivity index (χ4v) is 5.90. The molecule has 3 amide bonds. The van der Waals surface area contributed by atoms with Crippen LogP contribution in [0.5, 0.6) is 0 Å². The molecule has 3 atom stereocenters. The lowest BCUT2D eigenvalue weighted by Gasteiger charge is -2.61. The maximum Gasteiger partial charge on any atom is 0.243 e.